The van der Waals surface area contributed by atoms with E-state index >= 15 is 0 Å². The number of nitriles is 1. The fourth-order valence-electron chi connectivity index (χ4n) is 6.23. The minimum atomic E-state index is 0.804. The van der Waals surface area contributed by atoms with Gasteiger partial charge in [-0.15, -0.1) is 0 Å². The van der Waals surface area contributed by atoms with Crippen LogP contribution in [0.3, 0.4) is 0 Å². The molecule has 1 nitrogen and oxygen atoms in total. The summed E-state index contributed by atoms with van der Waals surface area (Å²) in [6.45, 7) is 2.29. The maximum Gasteiger partial charge on any atom is 0.0908 e. The number of nitrogens with zero attached hydrogens (tertiary/aromatic N) is 1. The van der Waals surface area contributed by atoms with E-state index in [-0.39, 0.29) is 0 Å². The first-order valence-corrected chi connectivity index (χ1v) is 13.4. The number of hydrogen-bond acceptors (Lipinski definition) is 1. The molecule has 0 amide bonds. The Morgan fingerprint density at radius 2 is 1.48 bits per heavy atom. The van der Waals surface area contributed by atoms with Gasteiger partial charge in [-0.25, -0.2) is 0 Å². The van der Waals surface area contributed by atoms with E-state index < -0.39 is 0 Å². The number of allylic oxidation sites excluding steroid dienone is 2. The van der Waals surface area contributed by atoms with E-state index in [4.69, 9.17) is 5.26 Å². The van der Waals surface area contributed by atoms with E-state index in [1.54, 1.807) is 11.6 Å². The predicted octanol–water partition coefficient (Wildman–Crippen LogP) is 9.14. The van der Waals surface area contributed by atoms with Crippen molar-refractivity contribution in [3.63, 3.8) is 0 Å². The van der Waals surface area contributed by atoms with Gasteiger partial charge in [-0.05, 0) is 99.0 Å². The van der Waals surface area contributed by atoms with Crippen LogP contribution in [0.1, 0.15) is 120 Å². The van der Waals surface area contributed by atoms with Crippen LogP contribution in [-0.2, 0) is 6.42 Å². The van der Waals surface area contributed by atoms with E-state index in [2.05, 4.69) is 37.3 Å². The molecule has 1 heteroatoms. The number of aryl methyl sites for hydroxylation is 1. The Hall–Kier alpha value is -1.55. The molecule has 0 aliphatic heterocycles. The van der Waals surface area contributed by atoms with Gasteiger partial charge >= 0.3 is 0 Å². The minimum absolute atomic E-state index is 0.804. The largest absolute Gasteiger partial charge is 0.193 e. The Balaban J connectivity index is 1.34. The van der Waals surface area contributed by atoms with Crippen LogP contribution in [-0.4, -0.2) is 0 Å². The maximum absolute atomic E-state index is 8.60. The van der Waals surface area contributed by atoms with Gasteiger partial charge in [-0.2, -0.15) is 5.26 Å². The highest BCUT2D eigenvalue weighted by atomic mass is 14.4. The first kappa shape index (κ1) is 24.1. The van der Waals surface area contributed by atoms with E-state index in [0.29, 0.717) is 0 Å². The van der Waals surface area contributed by atoms with Crippen LogP contribution >= 0.6 is 0 Å². The minimum Gasteiger partial charge on any atom is -0.193 e. The van der Waals surface area contributed by atoms with E-state index in [1.807, 2.05) is 6.08 Å². The molecule has 1 aromatic rings. The van der Waals surface area contributed by atoms with Crippen molar-refractivity contribution in [2.75, 3.05) is 0 Å². The Labute approximate surface area is 192 Å². The highest BCUT2D eigenvalue weighted by molar-refractivity contribution is 5.26. The fourth-order valence-corrected chi connectivity index (χ4v) is 6.23. The average Bonchev–Trinajstić information content (AvgIpc) is 2.83. The molecule has 0 radical (unpaired) electrons. The molecule has 2 saturated carbocycles. The van der Waals surface area contributed by atoms with Crippen molar-refractivity contribution < 1.29 is 0 Å². The molecule has 0 bridgehead atoms. The van der Waals surface area contributed by atoms with Crippen molar-refractivity contribution in [2.24, 2.45) is 17.8 Å². The molecule has 0 atom stereocenters. The van der Waals surface area contributed by atoms with Crippen LogP contribution in [0.25, 0.3) is 0 Å². The summed E-state index contributed by atoms with van der Waals surface area (Å²) in [6, 6.07) is 11.8. The molecule has 170 valence electrons. The molecule has 3 rings (SSSR count). The van der Waals surface area contributed by atoms with Gasteiger partial charge in [0.05, 0.1) is 6.07 Å². The normalized spacial score (nSPS) is 26.7. The van der Waals surface area contributed by atoms with Gasteiger partial charge in [0.15, 0.2) is 0 Å². The Bertz CT molecular complexity index is 663. The third-order valence-electron chi connectivity index (χ3n) is 8.28. The Morgan fingerprint density at radius 1 is 0.839 bits per heavy atom. The Morgan fingerprint density at radius 3 is 2.13 bits per heavy atom. The summed E-state index contributed by atoms with van der Waals surface area (Å²) < 4.78 is 0. The highest BCUT2D eigenvalue weighted by Gasteiger charge is 2.31. The lowest BCUT2D eigenvalue weighted by Gasteiger charge is -2.38. The molecule has 2 aliphatic carbocycles. The summed E-state index contributed by atoms with van der Waals surface area (Å²) in [6.07, 6.45) is 25.6. The smallest absolute Gasteiger partial charge is 0.0908 e. The quantitative estimate of drug-likeness (QED) is 0.259. The zero-order chi connectivity index (χ0) is 21.7. The summed E-state index contributed by atoms with van der Waals surface area (Å²) in [7, 11) is 0. The number of rotatable bonds is 11. The monoisotopic (exact) mass is 419 g/mol. The van der Waals surface area contributed by atoms with Gasteiger partial charge in [0, 0.05) is 6.08 Å². The van der Waals surface area contributed by atoms with Gasteiger partial charge in [0.2, 0.25) is 0 Å². The molecule has 1 aromatic carbocycles. The zero-order valence-electron chi connectivity index (χ0n) is 20.0. The van der Waals surface area contributed by atoms with Gasteiger partial charge < -0.3 is 0 Å². The van der Waals surface area contributed by atoms with Crippen LogP contribution in [0.2, 0.25) is 0 Å². The number of hydrogen-bond donors (Lipinski definition) is 0. The van der Waals surface area contributed by atoms with Gasteiger partial charge in [-0.1, -0.05) is 75.8 Å². The van der Waals surface area contributed by atoms with Crippen molar-refractivity contribution >= 4 is 0 Å². The summed E-state index contributed by atoms with van der Waals surface area (Å²) >= 11 is 0. The molecular weight excluding hydrogens is 374 g/mol. The standard InChI is InChI=1S/C30H45N/c1-2-3-4-5-7-10-25-12-16-27(17-13-25)29-20-22-30(23-21-29)28-18-14-26(15-19-28)11-8-6-9-24-31/h6,9,12-13,16-17,26,28-30H,2-5,7-8,10-11,14-15,18-23H2,1H3/b9-6+/t26?,28?,29-,30-. The van der Waals surface area contributed by atoms with Crippen LogP contribution in [0.15, 0.2) is 36.4 Å². The lowest BCUT2D eigenvalue weighted by Crippen LogP contribution is -2.25. The first-order valence-electron chi connectivity index (χ1n) is 13.4. The summed E-state index contributed by atoms with van der Waals surface area (Å²) in [5, 5.41) is 8.60. The van der Waals surface area contributed by atoms with Crippen molar-refractivity contribution in [1.82, 2.24) is 0 Å². The molecule has 0 heterocycles. The molecule has 0 spiro atoms. The lowest BCUT2D eigenvalue weighted by molar-refractivity contribution is 0.157. The van der Waals surface area contributed by atoms with Crippen molar-refractivity contribution in [1.29, 1.82) is 5.26 Å². The third-order valence-corrected chi connectivity index (χ3v) is 8.28. The maximum atomic E-state index is 8.60. The second kappa shape index (κ2) is 13.8. The third kappa shape index (κ3) is 8.14. The second-order valence-corrected chi connectivity index (χ2v) is 10.4. The molecule has 2 aliphatic rings. The van der Waals surface area contributed by atoms with Gasteiger partial charge in [0.25, 0.3) is 0 Å². The van der Waals surface area contributed by atoms with Crippen molar-refractivity contribution in [2.45, 2.75) is 116 Å². The van der Waals surface area contributed by atoms with Crippen LogP contribution < -0.4 is 0 Å². The first-order chi connectivity index (χ1) is 15.3. The summed E-state index contributed by atoms with van der Waals surface area (Å²) in [5.41, 5.74) is 3.14. The van der Waals surface area contributed by atoms with E-state index in [9.17, 15) is 0 Å². The second-order valence-electron chi connectivity index (χ2n) is 10.4. The molecule has 0 N–H and O–H groups in total. The Kier molecular flexibility index (Phi) is 10.7. The van der Waals surface area contributed by atoms with E-state index in [0.717, 1.165) is 30.1 Å². The molecule has 31 heavy (non-hydrogen) atoms. The summed E-state index contributed by atoms with van der Waals surface area (Å²) in [5.74, 6) is 3.68. The van der Waals surface area contributed by atoms with Crippen LogP contribution in [0.4, 0.5) is 0 Å². The average molecular weight is 420 g/mol. The molecule has 0 unspecified atom stereocenters. The van der Waals surface area contributed by atoms with Gasteiger partial charge in [-0.3, -0.25) is 0 Å². The number of benzene rings is 1. The van der Waals surface area contributed by atoms with Gasteiger partial charge in [0.1, 0.15) is 0 Å². The molecule has 0 aromatic heterocycles. The molecule has 0 saturated heterocycles. The van der Waals surface area contributed by atoms with Crippen molar-refractivity contribution in [3.05, 3.63) is 47.5 Å². The molecule has 2 fully saturated rings. The number of unbranched alkanes of at least 4 members (excludes halogenated alkanes) is 4. The van der Waals surface area contributed by atoms with Crippen molar-refractivity contribution in [3.8, 4) is 6.07 Å². The molecular formula is C30H45N. The SMILES string of the molecule is CCCCCCCc1ccc([C@H]2CC[C@H](C3CCC(CC/C=C/C#N)CC3)CC2)cc1. The van der Waals surface area contributed by atoms with E-state index in [1.165, 1.54) is 102 Å². The zero-order valence-corrected chi connectivity index (χ0v) is 20.0. The predicted molar refractivity (Wildman–Crippen MR) is 133 cm³/mol. The highest BCUT2D eigenvalue weighted by Crippen LogP contribution is 2.44. The topological polar surface area (TPSA) is 23.8 Å². The summed E-state index contributed by atoms with van der Waals surface area (Å²) in [4.78, 5) is 0. The fraction of sp³-hybridized carbons (Fsp3) is 0.700. The van der Waals surface area contributed by atoms with Crippen LogP contribution in [0, 0.1) is 29.1 Å². The lowest BCUT2D eigenvalue weighted by atomic mass is 9.68. The van der Waals surface area contributed by atoms with Crippen LogP contribution in [0.5, 0.6) is 0 Å².